The smallest absolute Gasteiger partial charge is 0.115 e. The quantitative estimate of drug-likeness (QED) is 0.820. The van der Waals surface area contributed by atoms with E-state index in [1.165, 1.54) is 0 Å². The molecule has 2 heteroatoms. The van der Waals surface area contributed by atoms with Crippen LogP contribution in [0.2, 0.25) is 0 Å². The molecular weight excluding hydrogens is 210 g/mol. The van der Waals surface area contributed by atoms with Crippen LogP contribution >= 0.6 is 0 Å². The minimum absolute atomic E-state index is 0.636. The van der Waals surface area contributed by atoms with Crippen molar-refractivity contribution in [3.63, 3.8) is 0 Å². The maximum absolute atomic E-state index is 10.5. The van der Waals surface area contributed by atoms with E-state index in [2.05, 4.69) is 23.5 Å². The number of β-amino-alcohol motifs (C(OH)–C–C–N with tert-alkyl or cyclic N) is 1. The Morgan fingerprint density at radius 3 is 2.18 bits per heavy atom. The predicted molar refractivity (Wildman–Crippen MR) is 68.6 cm³/mol. The number of rotatable bonds is 2. The van der Waals surface area contributed by atoms with Gasteiger partial charge >= 0.3 is 0 Å². The normalized spacial score (nSPS) is 17.5. The van der Waals surface area contributed by atoms with Gasteiger partial charge in [0.25, 0.3) is 0 Å². The molecule has 1 heterocycles. The average Bonchev–Trinajstić information content (AvgIpc) is 2.37. The molecule has 0 amide bonds. The van der Waals surface area contributed by atoms with Crippen molar-refractivity contribution in [2.24, 2.45) is 0 Å². The van der Waals surface area contributed by atoms with Gasteiger partial charge in [0.2, 0.25) is 0 Å². The Labute approximate surface area is 101 Å². The zero-order chi connectivity index (χ0) is 11.7. The van der Waals surface area contributed by atoms with Crippen LogP contribution in [0.1, 0.15) is 5.56 Å². The number of hydrogen-bond donors (Lipinski definition) is 2. The van der Waals surface area contributed by atoms with Crippen molar-refractivity contribution in [3.05, 3.63) is 60.2 Å². The molecule has 0 atom stereocenters. The van der Waals surface area contributed by atoms with Gasteiger partial charge in [0.05, 0.1) is 0 Å². The monoisotopic (exact) mass is 225 g/mol. The van der Waals surface area contributed by atoms with Crippen LogP contribution in [0.25, 0.3) is 11.1 Å². The van der Waals surface area contributed by atoms with E-state index in [4.69, 9.17) is 0 Å². The summed E-state index contributed by atoms with van der Waals surface area (Å²) in [6.45, 7) is 1.27. The van der Waals surface area contributed by atoms with Crippen LogP contribution < -0.4 is 5.32 Å². The van der Waals surface area contributed by atoms with Crippen molar-refractivity contribution in [2.45, 2.75) is 5.60 Å². The molecule has 3 rings (SSSR count). The molecule has 0 radical (unpaired) electrons. The van der Waals surface area contributed by atoms with Crippen molar-refractivity contribution in [3.8, 4) is 11.1 Å². The molecule has 1 saturated heterocycles. The Balaban J connectivity index is 2.11. The first kappa shape index (κ1) is 10.5. The second-order valence-electron chi connectivity index (χ2n) is 4.55. The van der Waals surface area contributed by atoms with Crippen molar-refractivity contribution in [2.75, 3.05) is 13.1 Å². The van der Waals surface area contributed by atoms with Gasteiger partial charge in [0, 0.05) is 13.1 Å². The van der Waals surface area contributed by atoms with Crippen LogP contribution in [-0.4, -0.2) is 18.2 Å². The van der Waals surface area contributed by atoms with Gasteiger partial charge in [0.15, 0.2) is 0 Å². The molecule has 0 aliphatic carbocycles. The van der Waals surface area contributed by atoms with Crippen molar-refractivity contribution in [1.82, 2.24) is 5.32 Å². The van der Waals surface area contributed by atoms with Gasteiger partial charge in [-0.1, -0.05) is 54.6 Å². The second-order valence-corrected chi connectivity index (χ2v) is 4.55. The fraction of sp³-hybridized carbons (Fsp3) is 0.200. The molecule has 1 fully saturated rings. The van der Waals surface area contributed by atoms with Gasteiger partial charge in [0.1, 0.15) is 5.60 Å². The summed E-state index contributed by atoms with van der Waals surface area (Å²) in [6, 6.07) is 18.3. The Bertz CT molecular complexity index is 517. The molecule has 2 aromatic rings. The lowest BCUT2D eigenvalue weighted by Crippen LogP contribution is -2.56. The van der Waals surface area contributed by atoms with Gasteiger partial charge in [-0.15, -0.1) is 0 Å². The Kier molecular flexibility index (Phi) is 2.46. The lowest BCUT2D eigenvalue weighted by atomic mass is 9.83. The van der Waals surface area contributed by atoms with E-state index in [-0.39, 0.29) is 0 Å². The largest absolute Gasteiger partial charge is 0.382 e. The van der Waals surface area contributed by atoms with Crippen LogP contribution in [-0.2, 0) is 5.60 Å². The standard InChI is InChI=1S/C15H15NO/c17-15(10-16-11-15)14-9-5-4-8-13(14)12-6-2-1-3-7-12/h1-9,16-17H,10-11H2. The molecule has 0 unspecified atom stereocenters. The average molecular weight is 225 g/mol. The molecule has 0 saturated carbocycles. The highest BCUT2D eigenvalue weighted by molar-refractivity contribution is 5.68. The fourth-order valence-electron chi connectivity index (χ4n) is 2.31. The number of hydrogen-bond acceptors (Lipinski definition) is 2. The van der Waals surface area contributed by atoms with E-state index in [0.717, 1.165) is 16.7 Å². The lowest BCUT2D eigenvalue weighted by Gasteiger charge is -2.39. The summed E-state index contributed by atoms with van der Waals surface area (Å²) < 4.78 is 0. The van der Waals surface area contributed by atoms with Gasteiger partial charge in [-0.2, -0.15) is 0 Å². The summed E-state index contributed by atoms with van der Waals surface area (Å²) in [7, 11) is 0. The fourth-order valence-corrected chi connectivity index (χ4v) is 2.31. The summed E-state index contributed by atoms with van der Waals surface area (Å²) in [5.41, 5.74) is 2.59. The van der Waals surface area contributed by atoms with E-state index in [9.17, 15) is 5.11 Å². The first-order valence-electron chi connectivity index (χ1n) is 5.88. The summed E-state index contributed by atoms with van der Waals surface area (Å²) in [5, 5.41) is 13.6. The van der Waals surface area contributed by atoms with Crippen molar-refractivity contribution >= 4 is 0 Å². The van der Waals surface area contributed by atoms with Gasteiger partial charge in [-0.05, 0) is 16.7 Å². The molecule has 0 aromatic heterocycles. The summed E-state index contributed by atoms with van der Waals surface area (Å²) >= 11 is 0. The first-order valence-corrected chi connectivity index (χ1v) is 5.88. The molecule has 17 heavy (non-hydrogen) atoms. The van der Waals surface area contributed by atoms with E-state index < -0.39 is 5.60 Å². The molecule has 2 aromatic carbocycles. The van der Waals surface area contributed by atoms with Crippen LogP contribution in [0.4, 0.5) is 0 Å². The van der Waals surface area contributed by atoms with E-state index in [1.54, 1.807) is 0 Å². The summed E-state index contributed by atoms with van der Waals surface area (Å²) in [4.78, 5) is 0. The third-order valence-corrected chi connectivity index (χ3v) is 3.35. The van der Waals surface area contributed by atoms with Crippen LogP contribution in [0, 0.1) is 0 Å². The SMILES string of the molecule is OC1(c2ccccc2-c2ccccc2)CNC1. The molecule has 2 nitrogen and oxygen atoms in total. The minimum Gasteiger partial charge on any atom is -0.382 e. The maximum Gasteiger partial charge on any atom is 0.115 e. The highest BCUT2D eigenvalue weighted by atomic mass is 16.3. The van der Waals surface area contributed by atoms with Crippen LogP contribution in [0.3, 0.4) is 0 Å². The van der Waals surface area contributed by atoms with E-state index in [1.807, 2.05) is 36.4 Å². The Morgan fingerprint density at radius 2 is 1.53 bits per heavy atom. The topological polar surface area (TPSA) is 32.3 Å². The van der Waals surface area contributed by atoms with Gasteiger partial charge in [-0.25, -0.2) is 0 Å². The molecule has 0 bridgehead atoms. The van der Waals surface area contributed by atoms with Gasteiger partial charge in [-0.3, -0.25) is 0 Å². The van der Waals surface area contributed by atoms with Crippen LogP contribution in [0.5, 0.6) is 0 Å². The highest BCUT2D eigenvalue weighted by Gasteiger charge is 2.37. The van der Waals surface area contributed by atoms with Crippen molar-refractivity contribution < 1.29 is 5.11 Å². The van der Waals surface area contributed by atoms with Crippen LogP contribution in [0.15, 0.2) is 54.6 Å². The third-order valence-electron chi connectivity index (χ3n) is 3.35. The zero-order valence-electron chi connectivity index (χ0n) is 9.56. The molecule has 0 spiro atoms. The zero-order valence-corrected chi connectivity index (χ0v) is 9.56. The maximum atomic E-state index is 10.5. The highest BCUT2D eigenvalue weighted by Crippen LogP contribution is 2.33. The number of benzene rings is 2. The van der Waals surface area contributed by atoms with E-state index in [0.29, 0.717) is 13.1 Å². The molecule has 2 N–H and O–H groups in total. The second kappa shape index (κ2) is 3.99. The molecular formula is C15H15NO. The third kappa shape index (κ3) is 1.75. The molecule has 1 aliphatic rings. The minimum atomic E-state index is -0.702. The van der Waals surface area contributed by atoms with Crippen molar-refractivity contribution in [1.29, 1.82) is 0 Å². The first-order chi connectivity index (χ1) is 8.30. The number of nitrogens with one attached hydrogen (secondary N) is 1. The Morgan fingerprint density at radius 1 is 0.882 bits per heavy atom. The molecule has 86 valence electrons. The lowest BCUT2D eigenvalue weighted by molar-refractivity contribution is -0.0141. The predicted octanol–water partition coefficient (Wildman–Crippen LogP) is 2.14. The Hall–Kier alpha value is -1.64. The number of aliphatic hydroxyl groups is 1. The van der Waals surface area contributed by atoms with E-state index >= 15 is 0 Å². The molecule has 1 aliphatic heterocycles. The summed E-state index contributed by atoms with van der Waals surface area (Å²) in [5.74, 6) is 0. The van der Waals surface area contributed by atoms with Gasteiger partial charge < -0.3 is 10.4 Å². The summed E-state index contributed by atoms with van der Waals surface area (Å²) in [6.07, 6.45) is 0.